The van der Waals surface area contributed by atoms with Crippen LogP contribution in [0.15, 0.2) is 48.5 Å². The molecule has 0 spiro atoms. The van der Waals surface area contributed by atoms with E-state index in [2.05, 4.69) is 10.6 Å². The molecule has 0 saturated heterocycles. The van der Waals surface area contributed by atoms with Crippen molar-refractivity contribution < 1.29 is 37.4 Å². The number of carbonyl (C=O) groups is 3. The number of fused-ring (bicyclic) bond motifs is 3. The molecule has 2 amide bonds. The lowest BCUT2D eigenvalue weighted by Gasteiger charge is -2.20. The van der Waals surface area contributed by atoms with Gasteiger partial charge in [-0.05, 0) is 35.6 Å². The van der Waals surface area contributed by atoms with Crippen molar-refractivity contribution in [2.24, 2.45) is 5.92 Å². The number of alkyl halides is 3. The first kappa shape index (κ1) is 25.1. The van der Waals surface area contributed by atoms with Crippen molar-refractivity contribution in [2.75, 3.05) is 13.2 Å². The van der Waals surface area contributed by atoms with Crippen LogP contribution in [0.2, 0.25) is 0 Å². The van der Waals surface area contributed by atoms with Crippen molar-refractivity contribution in [3.8, 4) is 11.1 Å². The molecule has 0 heterocycles. The highest BCUT2D eigenvalue weighted by atomic mass is 19.4. The number of nitrogens with one attached hydrogen (secondary N) is 2. The lowest BCUT2D eigenvalue weighted by Crippen LogP contribution is -2.46. The second kappa shape index (κ2) is 10.6. The monoisotopic (exact) mass is 478 g/mol. The van der Waals surface area contributed by atoms with Gasteiger partial charge < -0.3 is 20.5 Å². The molecule has 0 aromatic heterocycles. The van der Waals surface area contributed by atoms with E-state index in [9.17, 15) is 27.6 Å². The average molecular weight is 478 g/mol. The molecular formula is C24H25F3N2O5. The number of amides is 2. The van der Waals surface area contributed by atoms with Crippen LogP contribution >= 0.6 is 0 Å². The van der Waals surface area contributed by atoms with E-state index in [1.165, 1.54) is 6.92 Å². The second-order valence-electron chi connectivity index (χ2n) is 8.11. The normalized spacial score (nSPS) is 14.5. The summed E-state index contributed by atoms with van der Waals surface area (Å²) in [4.78, 5) is 35.0. The Kier molecular flexibility index (Phi) is 7.80. The number of carboxylic acid groups (broad SMARTS) is 1. The summed E-state index contributed by atoms with van der Waals surface area (Å²) in [6.45, 7) is 1.04. The molecule has 3 N–H and O–H groups in total. The predicted molar refractivity (Wildman–Crippen MR) is 117 cm³/mol. The van der Waals surface area contributed by atoms with E-state index in [0.29, 0.717) is 0 Å². The summed E-state index contributed by atoms with van der Waals surface area (Å²) in [5.41, 5.74) is 4.20. The second-order valence-corrected chi connectivity index (χ2v) is 8.11. The molecule has 0 aliphatic heterocycles. The van der Waals surface area contributed by atoms with Gasteiger partial charge in [-0.3, -0.25) is 9.59 Å². The van der Waals surface area contributed by atoms with Crippen LogP contribution in [-0.4, -0.2) is 48.4 Å². The van der Waals surface area contributed by atoms with Crippen LogP contribution in [0, 0.1) is 5.92 Å². The summed E-state index contributed by atoms with van der Waals surface area (Å²) >= 11 is 0. The summed E-state index contributed by atoms with van der Waals surface area (Å²) in [7, 11) is 0. The van der Waals surface area contributed by atoms with Gasteiger partial charge in [0.15, 0.2) is 0 Å². The van der Waals surface area contributed by atoms with E-state index >= 15 is 0 Å². The van der Waals surface area contributed by atoms with Crippen molar-refractivity contribution in [3.05, 3.63) is 59.7 Å². The minimum atomic E-state index is -4.69. The molecule has 10 heteroatoms. The molecule has 1 aliphatic rings. The third-order valence-corrected chi connectivity index (χ3v) is 5.75. The first-order chi connectivity index (χ1) is 16.1. The van der Waals surface area contributed by atoms with Crippen LogP contribution in [0.25, 0.3) is 11.1 Å². The number of rotatable bonds is 9. The summed E-state index contributed by atoms with van der Waals surface area (Å²) < 4.78 is 44.0. The van der Waals surface area contributed by atoms with Gasteiger partial charge in [0.2, 0.25) is 5.91 Å². The Morgan fingerprint density at radius 1 is 1.03 bits per heavy atom. The largest absolute Gasteiger partial charge is 0.481 e. The Morgan fingerprint density at radius 3 is 2.12 bits per heavy atom. The molecule has 34 heavy (non-hydrogen) atoms. The Bertz CT molecular complexity index is 1010. The van der Waals surface area contributed by atoms with Crippen molar-refractivity contribution in [3.63, 3.8) is 0 Å². The summed E-state index contributed by atoms with van der Waals surface area (Å²) in [6, 6.07) is 14.6. The fourth-order valence-corrected chi connectivity index (χ4v) is 4.00. The van der Waals surface area contributed by atoms with Crippen molar-refractivity contribution in [1.82, 2.24) is 10.6 Å². The standard InChI is InChI=1S/C24H25F3N2O5/c1-14(22(32)28-11-10-15(12-21(30)31)24(25,26)27)29-23(33)34-13-20-18-8-4-2-6-16(18)17-7-3-5-9-19(17)20/h2-9,14-15,20H,10-13H2,1H3,(H,28,32)(H,29,33)(H,30,31)/t14-,15?/m1/s1. The minimum Gasteiger partial charge on any atom is -0.481 e. The molecule has 182 valence electrons. The zero-order valence-corrected chi connectivity index (χ0v) is 18.4. The fourth-order valence-electron chi connectivity index (χ4n) is 4.00. The lowest BCUT2D eigenvalue weighted by atomic mass is 9.98. The van der Waals surface area contributed by atoms with Crippen LogP contribution in [0.3, 0.4) is 0 Å². The number of hydrogen-bond donors (Lipinski definition) is 3. The fraction of sp³-hybridized carbons (Fsp3) is 0.375. The molecular weight excluding hydrogens is 453 g/mol. The Balaban J connectivity index is 1.49. The van der Waals surface area contributed by atoms with E-state index in [-0.39, 0.29) is 19.1 Å². The quantitative estimate of drug-likeness (QED) is 0.504. The third kappa shape index (κ3) is 6.06. The molecule has 2 aromatic carbocycles. The molecule has 3 rings (SSSR count). The first-order valence-corrected chi connectivity index (χ1v) is 10.8. The molecule has 2 atom stereocenters. The zero-order valence-electron chi connectivity index (χ0n) is 18.4. The number of carboxylic acids is 1. The molecule has 2 aromatic rings. The Labute approximate surface area is 194 Å². The highest BCUT2D eigenvalue weighted by Crippen LogP contribution is 2.44. The number of benzene rings is 2. The van der Waals surface area contributed by atoms with Gasteiger partial charge in [-0.25, -0.2) is 4.79 Å². The van der Waals surface area contributed by atoms with E-state index in [1.54, 1.807) is 0 Å². The first-order valence-electron chi connectivity index (χ1n) is 10.8. The van der Waals surface area contributed by atoms with E-state index in [1.807, 2.05) is 48.5 Å². The maximum Gasteiger partial charge on any atom is 0.407 e. The van der Waals surface area contributed by atoms with E-state index < -0.39 is 48.9 Å². The number of carbonyl (C=O) groups excluding carboxylic acids is 2. The summed E-state index contributed by atoms with van der Waals surface area (Å²) in [5.74, 6) is -4.50. The van der Waals surface area contributed by atoms with Gasteiger partial charge in [-0.2, -0.15) is 13.2 Å². The van der Waals surface area contributed by atoms with Crippen molar-refractivity contribution in [2.45, 2.75) is 37.9 Å². The average Bonchev–Trinajstić information content (AvgIpc) is 3.09. The Hall–Kier alpha value is -3.56. The number of hydrogen-bond acceptors (Lipinski definition) is 4. The lowest BCUT2D eigenvalue weighted by molar-refractivity contribution is -0.184. The third-order valence-electron chi connectivity index (χ3n) is 5.75. The number of ether oxygens (including phenoxy) is 1. The van der Waals surface area contributed by atoms with Crippen LogP contribution in [0.5, 0.6) is 0 Å². The molecule has 0 bridgehead atoms. The predicted octanol–water partition coefficient (Wildman–Crippen LogP) is 4.07. The van der Waals surface area contributed by atoms with Gasteiger partial charge in [0, 0.05) is 12.5 Å². The summed E-state index contributed by atoms with van der Waals surface area (Å²) in [5, 5.41) is 13.3. The molecule has 1 aliphatic carbocycles. The smallest absolute Gasteiger partial charge is 0.407 e. The Morgan fingerprint density at radius 2 is 1.59 bits per heavy atom. The molecule has 1 unspecified atom stereocenters. The van der Waals surface area contributed by atoms with Gasteiger partial charge in [0.1, 0.15) is 12.6 Å². The van der Waals surface area contributed by atoms with Gasteiger partial charge in [-0.1, -0.05) is 48.5 Å². The minimum absolute atomic E-state index is 0.0522. The number of alkyl carbamates (subject to hydrolysis) is 1. The van der Waals surface area contributed by atoms with Crippen molar-refractivity contribution >= 4 is 18.0 Å². The van der Waals surface area contributed by atoms with Crippen LogP contribution < -0.4 is 10.6 Å². The maximum absolute atomic E-state index is 12.9. The van der Waals surface area contributed by atoms with E-state index in [0.717, 1.165) is 22.3 Å². The molecule has 0 fully saturated rings. The maximum atomic E-state index is 12.9. The molecule has 0 saturated carbocycles. The highest BCUT2D eigenvalue weighted by Gasteiger charge is 2.40. The van der Waals surface area contributed by atoms with Gasteiger partial charge in [-0.15, -0.1) is 0 Å². The zero-order chi connectivity index (χ0) is 24.9. The summed E-state index contributed by atoms with van der Waals surface area (Å²) in [6.07, 6.45) is -7.18. The van der Waals surface area contributed by atoms with Crippen LogP contribution in [-0.2, 0) is 14.3 Å². The SMILES string of the molecule is C[C@@H](NC(=O)OCC1c2ccccc2-c2ccccc21)C(=O)NCCC(CC(=O)O)C(F)(F)F. The van der Waals surface area contributed by atoms with Crippen LogP contribution in [0.1, 0.15) is 36.8 Å². The van der Waals surface area contributed by atoms with Gasteiger partial charge in [0.25, 0.3) is 0 Å². The number of aliphatic carboxylic acids is 1. The van der Waals surface area contributed by atoms with Crippen LogP contribution in [0.4, 0.5) is 18.0 Å². The number of halogens is 3. The van der Waals surface area contributed by atoms with E-state index in [4.69, 9.17) is 9.84 Å². The van der Waals surface area contributed by atoms with Crippen molar-refractivity contribution in [1.29, 1.82) is 0 Å². The topological polar surface area (TPSA) is 105 Å². The van der Waals surface area contributed by atoms with Gasteiger partial charge in [0.05, 0.1) is 12.3 Å². The van der Waals surface area contributed by atoms with Gasteiger partial charge >= 0.3 is 18.2 Å². The molecule has 7 nitrogen and oxygen atoms in total. The highest BCUT2D eigenvalue weighted by molar-refractivity contribution is 5.85. The molecule has 0 radical (unpaired) electrons.